The summed E-state index contributed by atoms with van der Waals surface area (Å²) in [5, 5.41) is 12.2. The number of nitrogens with zero attached hydrogens (tertiary/aromatic N) is 1. The van der Waals surface area contributed by atoms with Gasteiger partial charge in [0.2, 0.25) is 5.91 Å². The third kappa shape index (κ3) is 4.92. The van der Waals surface area contributed by atoms with Crippen LogP contribution in [0.2, 0.25) is 0 Å². The monoisotopic (exact) mass is 258 g/mol. The van der Waals surface area contributed by atoms with Crippen LogP contribution in [-0.4, -0.2) is 61.4 Å². The van der Waals surface area contributed by atoms with E-state index in [0.29, 0.717) is 26.3 Å². The lowest BCUT2D eigenvalue weighted by Crippen LogP contribution is -2.50. The first kappa shape index (κ1) is 15.4. The Morgan fingerprint density at radius 3 is 2.61 bits per heavy atom. The van der Waals surface area contributed by atoms with E-state index in [1.807, 2.05) is 11.8 Å². The zero-order valence-corrected chi connectivity index (χ0v) is 11.7. The van der Waals surface area contributed by atoms with Gasteiger partial charge < -0.3 is 20.1 Å². The van der Waals surface area contributed by atoms with Gasteiger partial charge in [-0.25, -0.2) is 0 Å². The first-order valence-electron chi connectivity index (χ1n) is 6.67. The van der Waals surface area contributed by atoms with Gasteiger partial charge >= 0.3 is 0 Å². The van der Waals surface area contributed by atoms with Gasteiger partial charge in [0.15, 0.2) is 0 Å². The number of ether oxygens (including phenoxy) is 1. The van der Waals surface area contributed by atoms with E-state index in [2.05, 4.69) is 19.2 Å². The lowest BCUT2D eigenvalue weighted by Gasteiger charge is -2.31. The molecular weight excluding hydrogens is 232 g/mol. The maximum atomic E-state index is 12.1. The Bertz CT molecular complexity index is 263. The molecule has 0 aromatic carbocycles. The van der Waals surface area contributed by atoms with Gasteiger partial charge in [-0.3, -0.25) is 4.79 Å². The Balaban J connectivity index is 2.35. The number of carbonyl (C=O) groups is 1. The van der Waals surface area contributed by atoms with E-state index in [-0.39, 0.29) is 24.0 Å². The number of hydrogen-bond donors (Lipinski definition) is 2. The third-order valence-electron chi connectivity index (χ3n) is 3.37. The van der Waals surface area contributed by atoms with Crippen molar-refractivity contribution in [1.29, 1.82) is 0 Å². The van der Waals surface area contributed by atoms with Gasteiger partial charge in [-0.05, 0) is 18.8 Å². The van der Waals surface area contributed by atoms with Crippen molar-refractivity contribution >= 4 is 5.91 Å². The molecule has 0 aromatic heterocycles. The Morgan fingerprint density at radius 2 is 2.06 bits per heavy atom. The topological polar surface area (TPSA) is 61.8 Å². The smallest absolute Gasteiger partial charge is 0.239 e. The van der Waals surface area contributed by atoms with Crippen LogP contribution in [0.1, 0.15) is 27.2 Å². The second-order valence-corrected chi connectivity index (χ2v) is 5.68. The molecule has 0 aliphatic carbocycles. The molecule has 1 aliphatic heterocycles. The highest BCUT2D eigenvalue weighted by molar-refractivity contribution is 5.81. The van der Waals surface area contributed by atoms with Gasteiger partial charge in [0.25, 0.3) is 0 Å². The average Bonchev–Trinajstić information content (AvgIpc) is 2.36. The van der Waals surface area contributed by atoms with E-state index in [1.54, 1.807) is 0 Å². The lowest BCUT2D eigenvalue weighted by atomic mass is 9.89. The standard InChI is InChI=1S/C13H26N2O3/c1-11(14-10-13(2,3)4-7-16)12(17)15-5-8-18-9-6-15/h11,14,16H,4-10H2,1-3H3. The van der Waals surface area contributed by atoms with Crippen LogP contribution >= 0.6 is 0 Å². The molecule has 1 fully saturated rings. The molecule has 1 amide bonds. The van der Waals surface area contributed by atoms with Crippen molar-refractivity contribution in [3.63, 3.8) is 0 Å². The van der Waals surface area contributed by atoms with E-state index in [1.165, 1.54) is 0 Å². The summed E-state index contributed by atoms with van der Waals surface area (Å²) >= 11 is 0. The van der Waals surface area contributed by atoms with Gasteiger partial charge in [0.1, 0.15) is 0 Å². The van der Waals surface area contributed by atoms with Crippen LogP contribution in [0.3, 0.4) is 0 Å². The highest BCUT2D eigenvalue weighted by Gasteiger charge is 2.24. The number of carbonyl (C=O) groups excluding carboxylic acids is 1. The zero-order valence-electron chi connectivity index (χ0n) is 11.7. The highest BCUT2D eigenvalue weighted by atomic mass is 16.5. The number of aliphatic hydroxyl groups excluding tert-OH is 1. The van der Waals surface area contributed by atoms with Crippen LogP contribution in [0, 0.1) is 5.41 Å². The second kappa shape index (κ2) is 7.07. The fourth-order valence-corrected chi connectivity index (χ4v) is 1.97. The summed E-state index contributed by atoms with van der Waals surface area (Å²) in [6.45, 7) is 9.61. The Hall–Kier alpha value is -0.650. The molecule has 0 bridgehead atoms. The molecule has 1 saturated heterocycles. The zero-order chi connectivity index (χ0) is 13.6. The SMILES string of the molecule is CC(NCC(C)(C)CCO)C(=O)N1CCOCC1. The maximum absolute atomic E-state index is 12.1. The Labute approximate surface area is 109 Å². The Kier molecular flexibility index (Phi) is 6.05. The maximum Gasteiger partial charge on any atom is 0.239 e. The van der Waals surface area contributed by atoms with Crippen LogP contribution < -0.4 is 5.32 Å². The van der Waals surface area contributed by atoms with Gasteiger partial charge in [-0.2, -0.15) is 0 Å². The molecule has 2 N–H and O–H groups in total. The van der Waals surface area contributed by atoms with E-state index in [9.17, 15) is 4.79 Å². The first-order chi connectivity index (χ1) is 8.46. The van der Waals surface area contributed by atoms with E-state index >= 15 is 0 Å². The molecule has 0 spiro atoms. The molecule has 18 heavy (non-hydrogen) atoms. The summed E-state index contributed by atoms with van der Waals surface area (Å²) in [6, 6.07) is -0.180. The summed E-state index contributed by atoms with van der Waals surface area (Å²) in [6.07, 6.45) is 0.735. The molecule has 0 radical (unpaired) electrons. The molecule has 5 heteroatoms. The molecule has 1 rings (SSSR count). The van der Waals surface area contributed by atoms with Crippen molar-refractivity contribution < 1.29 is 14.6 Å². The number of hydrogen-bond acceptors (Lipinski definition) is 4. The predicted molar refractivity (Wildman–Crippen MR) is 70.3 cm³/mol. The Morgan fingerprint density at radius 1 is 1.44 bits per heavy atom. The van der Waals surface area contributed by atoms with Gasteiger partial charge in [0, 0.05) is 26.2 Å². The van der Waals surface area contributed by atoms with Gasteiger partial charge in [-0.1, -0.05) is 13.8 Å². The van der Waals surface area contributed by atoms with Crippen molar-refractivity contribution in [3.05, 3.63) is 0 Å². The number of nitrogens with one attached hydrogen (secondary N) is 1. The summed E-state index contributed by atoms with van der Waals surface area (Å²) in [7, 11) is 0. The first-order valence-corrected chi connectivity index (χ1v) is 6.67. The predicted octanol–water partition coefficient (Wildman–Crippen LogP) is 0.232. The van der Waals surface area contributed by atoms with Crippen molar-refractivity contribution in [2.75, 3.05) is 39.5 Å². The fraction of sp³-hybridized carbons (Fsp3) is 0.923. The van der Waals surface area contributed by atoms with E-state index in [0.717, 1.165) is 13.0 Å². The molecule has 5 nitrogen and oxygen atoms in total. The third-order valence-corrected chi connectivity index (χ3v) is 3.37. The van der Waals surface area contributed by atoms with Crippen molar-refractivity contribution in [3.8, 4) is 0 Å². The van der Waals surface area contributed by atoms with Crippen LogP contribution in [0.25, 0.3) is 0 Å². The summed E-state index contributed by atoms with van der Waals surface area (Å²) in [4.78, 5) is 14.0. The lowest BCUT2D eigenvalue weighted by molar-refractivity contribution is -0.137. The molecule has 1 atom stereocenters. The van der Waals surface area contributed by atoms with Crippen molar-refractivity contribution in [2.24, 2.45) is 5.41 Å². The van der Waals surface area contributed by atoms with Crippen LogP contribution in [0.15, 0.2) is 0 Å². The fourth-order valence-electron chi connectivity index (χ4n) is 1.97. The van der Waals surface area contributed by atoms with Crippen molar-refractivity contribution in [2.45, 2.75) is 33.2 Å². The summed E-state index contributed by atoms with van der Waals surface area (Å²) in [5.74, 6) is 0.137. The minimum atomic E-state index is -0.180. The minimum Gasteiger partial charge on any atom is -0.396 e. The summed E-state index contributed by atoms with van der Waals surface area (Å²) < 4.78 is 5.23. The minimum absolute atomic E-state index is 0.00823. The van der Waals surface area contributed by atoms with Crippen LogP contribution in [0.5, 0.6) is 0 Å². The molecule has 0 saturated carbocycles. The quantitative estimate of drug-likeness (QED) is 0.716. The van der Waals surface area contributed by atoms with Gasteiger partial charge in [0.05, 0.1) is 19.3 Å². The normalized spacial score (nSPS) is 18.8. The van der Waals surface area contributed by atoms with E-state index < -0.39 is 0 Å². The molecule has 0 aromatic rings. The number of amides is 1. The molecule has 1 unspecified atom stereocenters. The summed E-state index contributed by atoms with van der Waals surface area (Å²) in [5.41, 5.74) is 0.00823. The average molecular weight is 258 g/mol. The number of aliphatic hydroxyl groups is 1. The highest BCUT2D eigenvalue weighted by Crippen LogP contribution is 2.18. The molecule has 1 heterocycles. The molecular formula is C13H26N2O3. The van der Waals surface area contributed by atoms with E-state index in [4.69, 9.17) is 9.84 Å². The van der Waals surface area contributed by atoms with Crippen LogP contribution in [0.4, 0.5) is 0 Å². The van der Waals surface area contributed by atoms with Crippen LogP contribution in [-0.2, 0) is 9.53 Å². The van der Waals surface area contributed by atoms with Gasteiger partial charge in [-0.15, -0.1) is 0 Å². The number of rotatable bonds is 6. The molecule has 106 valence electrons. The molecule has 1 aliphatic rings. The number of morpholine rings is 1. The largest absolute Gasteiger partial charge is 0.396 e. The second-order valence-electron chi connectivity index (χ2n) is 5.68. The van der Waals surface area contributed by atoms with Crippen molar-refractivity contribution in [1.82, 2.24) is 10.2 Å².